The fraction of sp³-hybridized carbons (Fsp3) is 0.435. The number of benzene rings is 2. The molecule has 1 atom stereocenters. The number of ether oxygens (including phenoxy) is 1. The molecule has 2 aromatic carbocycles. The van der Waals surface area contributed by atoms with E-state index in [0.717, 1.165) is 42.7 Å². The second-order valence-corrected chi connectivity index (χ2v) is 8.29. The highest BCUT2D eigenvalue weighted by Crippen LogP contribution is 2.40. The topological polar surface area (TPSA) is 58.6 Å². The molecule has 0 saturated heterocycles. The molecule has 4 nitrogen and oxygen atoms in total. The van der Waals surface area contributed by atoms with Gasteiger partial charge >= 0.3 is 0 Å². The van der Waals surface area contributed by atoms with Gasteiger partial charge in [-0.1, -0.05) is 36.4 Å². The Kier molecular flexibility index (Phi) is 4.68. The van der Waals surface area contributed by atoms with E-state index in [0.29, 0.717) is 0 Å². The maximum absolute atomic E-state index is 13.2. The second-order valence-electron chi connectivity index (χ2n) is 8.29. The lowest BCUT2D eigenvalue weighted by molar-refractivity contribution is -0.127. The Morgan fingerprint density at radius 1 is 1.19 bits per heavy atom. The molecule has 0 spiro atoms. The van der Waals surface area contributed by atoms with Crippen LogP contribution in [0.3, 0.4) is 0 Å². The van der Waals surface area contributed by atoms with Crippen LogP contribution >= 0.6 is 0 Å². The summed E-state index contributed by atoms with van der Waals surface area (Å²) in [5.41, 5.74) is 2.68. The zero-order valence-electron chi connectivity index (χ0n) is 15.9. The van der Waals surface area contributed by atoms with E-state index in [1.54, 1.807) is 0 Å². The van der Waals surface area contributed by atoms with E-state index in [1.807, 2.05) is 50.2 Å². The molecular formula is C23H27NO3. The first-order valence-electron chi connectivity index (χ1n) is 9.75. The summed E-state index contributed by atoms with van der Waals surface area (Å²) in [6.07, 6.45) is 2.11. The Morgan fingerprint density at radius 3 is 2.63 bits per heavy atom. The van der Waals surface area contributed by atoms with Gasteiger partial charge in [-0.05, 0) is 61.4 Å². The van der Waals surface area contributed by atoms with Crippen LogP contribution in [0.1, 0.15) is 49.4 Å². The number of carbonyl (C=O) groups is 1. The summed E-state index contributed by atoms with van der Waals surface area (Å²) in [4.78, 5) is 13.2. The van der Waals surface area contributed by atoms with Crippen LogP contribution in [0.25, 0.3) is 0 Å². The normalized spacial score (nSPS) is 22.3. The summed E-state index contributed by atoms with van der Waals surface area (Å²) in [5, 5.41) is 13.1. The van der Waals surface area contributed by atoms with Crippen LogP contribution in [-0.2, 0) is 16.6 Å². The molecule has 0 bridgehead atoms. The average molecular weight is 365 g/mol. The smallest absolute Gasteiger partial charge is 0.230 e. The number of aliphatic hydroxyl groups excluding tert-OH is 1. The van der Waals surface area contributed by atoms with Crippen LogP contribution in [-0.4, -0.2) is 23.7 Å². The minimum absolute atomic E-state index is 0.0110. The fourth-order valence-corrected chi connectivity index (χ4v) is 4.08. The van der Waals surface area contributed by atoms with Crippen molar-refractivity contribution in [2.24, 2.45) is 5.92 Å². The lowest BCUT2D eigenvalue weighted by Crippen LogP contribution is -2.47. The third-order valence-corrected chi connectivity index (χ3v) is 6.04. The highest BCUT2D eigenvalue weighted by atomic mass is 16.5. The summed E-state index contributed by atoms with van der Waals surface area (Å²) in [7, 11) is 0. The van der Waals surface area contributed by atoms with Crippen molar-refractivity contribution in [3.63, 3.8) is 0 Å². The number of rotatable bonds is 5. The predicted molar refractivity (Wildman–Crippen MR) is 105 cm³/mol. The van der Waals surface area contributed by atoms with E-state index in [9.17, 15) is 9.90 Å². The van der Waals surface area contributed by atoms with Crippen molar-refractivity contribution in [1.29, 1.82) is 0 Å². The largest absolute Gasteiger partial charge is 0.493 e. The van der Waals surface area contributed by atoms with Crippen molar-refractivity contribution in [3.05, 3.63) is 65.2 Å². The molecule has 1 fully saturated rings. The van der Waals surface area contributed by atoms with Gasteiger partial charge in [0.25, 0.3) is 0 Å². The molecule has 4 heteroatoms. The van der Waals surface area contributed by atoms with Gasteiger partial charge in [-0.3, -0.25) is 4.79 Å². The average Bonchev–Trinajstić information content (AvgIpc) is 3.12. The first-order chi connectivity index (χ1) is 12.9. The van der Waals surface area contributed by atoms with E-state index in [4.69, 9.17) is 4.74 Å². The molecule has 2 N–H and O–H groups in total. The summed E-state index contributed by atoms with van der Waals surface area (Å²) < 4.78 is 5.62. The van der Waals surface area contributed by atoms with Gasteiger partial charge in [0.05, 0.1) is 24.2 Å². The summed E-state index contributed by atoms with van der Waals surface area (Å²) in [6.45, 7) is 4.64. The highest BCUT2D eigenvalue weighted by Gasteiger charge is 2.39. The SMILES string of the molecule is CC(C)(C(=O)N[C@@H](c1ccc2c(c1)CCO2)C1CC(O)C1)c1ccccc1. The number of aliphatic hydroxyl groups is 1. The van der Waals surface area contributed by atoms with Gasteiger partial charge in [0.15, 0.2) is 0 Å². The van der Waals surface area contributed by atoms with Gasteiger partial charge in [0.1, 0.15) is 5.75 Å². The number of hydrogen-bond donors (Lipinski definition) is 2. The minimum atomic E-state index is -0.623. The lowest BCUT2D eigenvalue weighted by atomic mass is 9.74. The fourth-order valence-electron chi connectivity index (χ4n) is 4.08. The molecule has 1 aliphatic carbocycles. The van der Waals surface area contributed by atoms with Crippen molar-refractivity contribution >= 4 is 5.91 Å². The van der Waals surface area contributed by atoms with E-state index in [2.05, 4.69) is 17.4 Å². The standard InChI is InChI=1S/C23H27NO3/c1-23(2,18-6-4-3-5-7-18)22(26)24-21(17-13-19(25)14-17)16-8-9-20-15(12-16)10-11-27-20/h3-9,12,17,19,21,25H,10-11,13-14H2,1-2H3,(H,24,26)/t17?,19?,21-/m0/s1. The molecule has 4 rings (SSSR count). The predicted octanol–water partition coefficient (Wildman–Crippen LogP) is 3.53. The monoisotopic (exact) mass is 365 g/mol. The third-order valence-electron chi connectivity index (χ3n) is 6.04. The molecule has 1 amide bonds. The number of fused-ring (bicyclic) bond motifs is 1. The van der Waals surface area contributed by atoms with Crippen molar-refractivity contribution in [1.82, 2.24) is 5.32 Å². The zero-order valence-corrected chi connectivity index (χ0v) is 15.9. The molecule has 2 aromatic rings. The Balaban J connectivity index is 1.59. The van der Waals surface area contributed by atoms with Crippen molar-refractivity contribution in [2.75, 3.05) is 6.61 Å². The third kappa shape index (κ3) is 3.46. The van der Waals surface area contributed by atoms with Crippen molar-refractivity contribution in [3.8, 4) is 5.75 Å². The number of carbonyl (C=O) groups excluding carboxylic acids is 1. The molecule has 0 aromatic heterocycles. The van der Waals surface area contributed by atoms with Gasteiger partial charge < -0.3 is 15.2 Å². The molecule has 1 aliphatic heterocycles. The van der Waals surface area contributed by atoms with Gasteiger partial charge in [-0.25, -0.2) is 0 Å². The highest BCUT2D eigenvalue weighted by molar-refractivity contribution is 5.87. The number of amides is 1. The van der Waals surface area contributed by atoms with Crippen molar-refractivity contribution < 1.29 is 14.6 Å². The maximum atomic E-state index is 13.2. The maximum Gasteiger partial charge on any atom is 0.230 e. The molecule has 0 unspecified atom stereocenters. The van der Waals surface area contributed by atoms with E-state index in [1.165, 1.54) is 5.56 Å². The van der Waals surface area contributed by atoms with Crippen LogP contribution in [0.15, 0.2) is 48.5 Å². The molecule has 27 heavy (non-hydrogen) atoms. The summed E-state index contributed by atoms with van der Waals surface area (Å²) >= 11 is 0. The quantitative estimate of drug-likeness (QED) is 0.852. The Hall–Kier alpha value is -2.33. The van der Waals surface area contributed by atoms with Crippen LogP contribution < -0.4 is 10.1 Å². The Morgan fingerprint density at radius 2 is 1.93 bits per heavy atom. The van der Waals surface area contributed by atoms with Crippen molar-refractivity contribution in [2.45, 2.75) is 50.7 Å². The second kappa shape index (κ2) is 7.01. The number of hydrogen-bond acceptors (Lipinski definition) is 3. The zero-order chi connectivity index (χ0) is 19.0. The van der Waals surface area contributed by atoms with Gasteiger partial charge in [0.2, 0.25) is 5.91 Å². The number of nitrogens with one attached hydrogen (secondary N) is 1. The van der Waals surface area contributed by atoms with E-state index >= 15 is 0 Å². The first-order valence-corrected chi connectivity index (χ1v) is 9.75. The van der Waals surface area contributed by atoms with Crippen LogP contribution in [0, 0.1) is 5.92 Å². The molecule has 142 valence electrons. The molecule has 0 radical (unpaired) electrons. The molecule has 1 saturated carbocycles. The Bertz CT molecular complexity index is 825. The molecule has 1 heterocycles. The van der Waals surface area contributed by atoms with E-state index < -0.39 is 5.41 Å². The first kappa shape index (κ1) is 18.1. The van der Waals surface area contributed by atoms with E-state index in [-0.39, 0.29) is 24.0 Å². The van der Waals surface area contributed by atoms with Crippen LogP contribution in [0.4, 0.5) is 0 Å². The van der Waals surface area contributed by atoms with Gasteiger partial charge in [-0.2, -0.15) is 0 Å². The summed E-state index contributed by atoms with van der Waals surface area (Å²) in [5.74, 6) is 1.22. The Labute approximate surface area is 160 Å². The summed E-state index contributed by atoms with van der Waals surface area (Å²) in [6, 6.07) is 16.0. The molecule has 2 aliphatic rings. The van der Waals surface area contributed by atoms with Gasteiger partial charge in [-0.15, -0.1) is 0 Å². The van der Waals surface area contributed by atoms with Crippen LogP contribution in [0.5, 0.6) is 5.75 Å². The molecular weight excluding hydrogens is 338 g/mol. The lowest BCUT2D eigenvalue weighted by Gasteiger charge is -2.39. The van der Waals surface area contributed by atoms with Crippen LogP contribution in [0.2, 0.25) is 0 Å². The minimum Gasteiger partial charge on any atom is -0.493 e. The van der Waals surface area contributed by atoms with Gasteiger partial charge in [0, 0.05) is 6.42 Å².